The Bertz CT molecular complexity index is 644. The Labute approximate surface area is 231 Å². The van der Waals surface area contributed by atoms with Crippen molar-refractivity contribution in [2.45, 2.75) is 121 Å². The maximum atomic E-state index is 12.2. The molecule has 0 aromatic rings. The number of hydrogen-bond acceptors (Lipinski definition) is 3. The van der Waals surface area contributed by atoms with Crippen molar-refractivity contribution in [2.75, 3.05) is 27.2 Å². The van der Waals surface area contributed by atoms with Crippen LogP contribution in [0.1, 0.15) is 121 Å². The summed E-state index contributed by atoms with van der Waals surface area (Å²) in [6, 6.07) is 0. The first-order valence-electron chi connectivity index (χ1n) is 14.6. The zero-order chi connectivity index (χ0) is 29.5. The minimum atomic E-state index is -0.0350. The molecule has 0 spiro atoms. The molecule has 0 aromatic carbocycles. The fraction of sp³-hybridized carbons (Fsp3) is 0.688. The van der Waals surface area contributed by atoms with Crippen LogP contribution in [0.3, 0.4) is 0 Å². The van der Waals surface area contributed by atoms with E-state index in [-0.39, 0.29) is 5.91 Å². The van der Waals surface area contributed by atoms with Gasteiger partial charge in [-0.1, -0.05) is 96.6 Å². The van der Waals surface area contributed by atoms with E-state index < -0.39 is 0 Å². The summed E-state index contributed by atoms with van der Waals surface area (Å²) in [6.45, 7) is 22.3. The van der Waals surface area contributed by atoms with Crippen LogP contribution in [0, 0.1) is 0 Å². The minimum Gasteiger partial charge on any atom is -0.352 e. The lowest BCUT2D eigenvalue weighted by Gasteiger charge is -2.10. The Balaban J connectivity index is -0.000000324. The smallest absolute Gasteiger partial charge is 0.247 e. The molecule has 0 saturated carbocycles. The number of nitrogens with one attached hydrogen (secondary N) is 2. The van der Waals surface area contributed by atoms with Crippen LogP contribution in [-0.4, -0.2) is 44.4 Å². The normalized spacial score (nSPS) is 11.8. The molecule has 0 unspecified atom stereocenters. The van der Waals surface area contributed by atoms with Gasteiger partial charge in [0.15, 0.2) is 0 Å². The molecule has 0 bridgehead atoms. The van der Waals surface area contributed by atoms with Crippen molar-refractivity contribution < 1.29 is 9.59 Å². The summed E-state index contributed by atoms with van der Waals surface area (Å²) in [5, 5.41) is 5.57. The second-order valence-electron chi connectivity index (χ2n) is 8.67. The molecule has 37 heavy (non-hydrogen) atoms. The Morgan fingerprint density at radius 2 is 1.38 bits per heavy atom. The number of allylic oxidation sites excluding steroid dienone is 6. The topological polar surface area (TPSA) is 61.4 Å². The molecule has 0 aliphatic carbocycles. The Morgan fingerprint density at radius 3 is 1.84 bits per heavy atom. The first-order chi connectivity index (χ1) is 17.7. The lowest BCUT2D eigenvalue weighted by molar-refractivity contribution is -0.117. The second-order valence-corrected chi connectivity index (χ2v) is 8.67. The van der Waals surface area contributed by atoms with E-state index in [0.717, 1.165) is 25.8 Å². The van der Waals surface area contributed by atoms with Gasteiger partial charge in [-0.05, 0) is 80.1 Å². The standard InChI is InChI=1S/C18H33N3O2.C10H18.2C2H6/c1-5-11-16(14-17(6-2)20-15-22)18(23)19-12-9-7-8-10-13-21(3)4;1-5-7-10(4)8-9(3)6-2;2*1-2/h6,14-15H,5,7-13H2,1-4H3,(H,19,23)(H,20,22);6,8H,5,7H2,1-4H3;2*1-2H3/b16-14+,17-6+;9-6-,10-8-;;. The fourth-order valence-corrected chi connectivity index (χ4v) is 3.15. The number of amides is 2. The van der Waals surface area contributed by atoms with Gasteiger partial charge in [0.1, 0.15) is 0 Å². The summed E-state index contributed by atoms with van der Waals surface area (Å²) < 4.78 is 0. The maximum Gasteiger partial charge on any atom is 0.247 e. The summed E-state index contributed by atoms with van der Waals surface area (Å²) in [6.07, 6.45) is 17.1. The van der Waals surface area contributed by atoms with Crippen molar-refractivity contribution in [3.63, 3.8) is 0 Å². The monoisotopic (exact) mass is 521 g/mol. The number of rotatable bonds is 16. The number of carbonyl (C=O) groups is 2. The van der Waals surface area contributed by atoms with Gasteiger partial charge in [-0.3, -0.25) is 9.59 Å². The van der Waals surface area contributed by atoms with Gasteiger partial charge in [0, 0.05) is 17.8 Å². The summed E-state index contributed by atoms with van der Waals surface area (Å²) in [5.74, 6) is -0.0350. The van der Waals surface area contributed by atoms with E-state index >= 15 is 0 Å². The number of nitrogens with zero attached hydrogens (tertiary/aromatic N) is 1. The van der Waals surface area contributed by atoms with Crippen molar-refractivity contribution in [3.05, 3.63) is 46.7 Å². The number of hydrogen-bond donors (Lipinski definition) is 2. The van der Waals surface area contributed by atoms with Crippen LogP contribution >= 0.6 is 0 Å². The molecule has 5 heteroatoms. The van der Waals surface area contributed by atoms with Gasteiger partial charge in [0.05, 0.1) is 0 Å². The predicted octanol–water partition coefficient (Wildman–Crippen LogP) is 8.35. The van der Waals surface area contributed by atoms with E-state index in [1.54, 1.807) is 12.2 Å². The van der Waals surface area contributed by atoms with E-state index in [9.17, 15) is 9.59 Å². The van der Waals surface area contributed by atoms with E-state index in [1.165, 1.54) is 36.8 Å². The van der Waals surface area contributed by atoms with Gasteiger partial charge in [-0.15, -0.1) is 0 Å². The Hall–Kier alpha value is -2.14. The average molecular weight is 522 g/mol. The highest BCUT2D eigenvalue weighted by atomic mass is 16.1. The molecule has 0 aliphatic rings. The molecule has 0 atom stereocenters. The minimum absolute atomic E-state index is 0.0350. The molecule has 0 heterocycles. The summed E-state index contributed by atoms with van der Waals surface area (Å²) in [7, 11) is 4.17. The van der Waals surface area contributed by atoms with Gasteiger partial charge < -0.3 is 15.5 Å². The highest BCUT2D eigenvalue weighted by Crippen LogP contribution is 2.09. The van der Waals surface area contributed by atoms with Crippen molar-refractivity contribution in [3.8, 4) is 0 Å². The van der Waals surface area contributed by atoms with Crippen LogP contribution in [0.25, 0.3) is 0 Å². The van der Waals surface area contributed by atoms with Gasteiger partial charge in [0.2, 0.25) is 12.3 Å². The van der Waals surface area contributed by atoms with Crippen LogP contribution in [0.5, 0.6) is 0 Å². The summed E-state index contributed by atoms with van der Waals surface area (Å²) >= 11 is 0. The van der Waals surface area contributed by atoms with Gasteiger partial charge >= 0.3 is 0 Å². The molecule has 2 N–H and O–H groups in total. The SMILES string of the molecule is C/C=C(C)\C=C(\C)CCC.C/C=C(\C=C(/CCC)C(=O)NCCCCCCN(C)C)NC=O.CC.CC. The molecular formula is C32H63N3O2. The Morgan fingerprint density at radius 1 is 0.811 bits per heavy atom. The molecule has 0 radical (unpaired) electrons. The predicted molar refractivity (Wildman–Crippen MR) is 167 cm³/mol. The Kier molecular flexibility index (Phi) is 38.4. The lowest BCUT2D eigenvalue weighted by atomic mass is 10.1. The lowest BCUT2D eigenvalue weighted by Crippen LogP contribution is -2.26. The van der Waals surface area contributed by atoms with Crippen molar-refractivity contribution in [2.24, 2.45) is 0 Å². The van der Waals surface area contributed by atoms with Crippen molar-refractivity contribution in [1.29, 1.82) is 0 Å². The molecule has 0 saturated heterocycles. The third-order valence-electron chi connectivity index (χ3n) is 5.07. The fourth-order valence-electron chi connectivity index (χ4n) is 3.15. The maximum absolute atomic E-state index is 12.2. The molecule has 218 valence electrons. The van der Waals surface area contributed by atoms with E-state index in [2.05, 4.69) is 69.5 Å². The summed E-state index contributed by atoms with van der Waals surface area (Å²) in [5.41, 5.74) is 4.22. The molecule has 0 aliphatic heterocycles. The number of carbonyl (C=O) groups excluding carboxylic acids is 2. The molecular weight excluding hydrogens is 458 g/mol. The first kappa shape index (κ1) is 42.0. The van der Waals surface area contributed by atoms with Crippen molar-refractivity contribution in [1.82, 2.24) is 15.5 Å². The highest BCUT2D eigenvalue weighted by molar-refractivity contribution is 5.93. The molecule has 0 rings (SSSR count). The zero-order valence-corrected chi connectivity index (χ0v) is 26.7. The van der Waals surface area contributed by atoms with Crippen molar-refractivity contribution >= 4 is 12.3 Å². The average Bonchev–Trinajstić information content (AvgIpc) is 2.89. The molecule has 5 nitrogen and oxygen atoms in total. The highest BCUT2D eigenvalue weighted by Gasteiger charge is 2.08. The van der Waals surface area contributed by atoms with Gasteiger partial charge in [-0.25, -0.2) is 0 Å². The van der Waals surface area contributed by atoms with Gasteiger partial charge in [0.25, 0.3) is 0 Å². The summed E-state index contributed by atoms with van der Waals surface area (Å²) in [4.78, 5) is 25.0. The van der Waals surface area contributed by atoms with Crippen LogP contribution in [0.4, 0.5) is 0 Å². The third-order valence-corrected chi connectivity index (χ3v) is 5.07. The quantitative estimate of drug-likeness (QED) is 0.0928. The van der Waals surface area contributed by atoms with Crippen LogP contribution in [-0.2, 0) is 9.59 Å². The van der Waals surface area contributed by atoms with E-state index in [0.29, 0.717) is 30.6 Å². The number of unbranched alkanes of at least 4 members (excludes halogenated alkanes) is 3. The van der Waals surface area contributed by atoms with Crippen LogP contribution in [0.15, 0.2) is 46.7 Å². The van der Waals surface area contributed by atoms with E-state index in [4.69, 9.17) is 0 Å². The van der Waals surface area contributed by atoms with Crippen LogP contribution in [0.2, 0.25) is 0 Å². The van der Waals surface area contributed by atoms with Crippen LogP contribution < -0.4 is 10.6 Å². The van der Waals surface area contributed by atoms with Gasteiger partial charge in [-0.2, -0.15) is 0 Å². The van der Waals surface area contributed by atoms with E-state index in [1.807, 2.05) is 41.5 Å². The molecule has 0 fully saturated rings. The largest absolute Gasteiger partial charge is 0.352 e. The molecule has 2 amide bonds. The zero-order valence-electron chi connectivity index (χ0n) is 26.7. The molecule has 0 aromatic heterocycles. The second kappa shape index (κ2) is 33.9. The first-order valence-corrected chi connectivity index (χ1v) is 14.6. The third kappa shape index (κ3) is 31.8.